The molecule has 2 amide bonds. The Hall–Kier alpha value is -2.51. The number of nitrogens with zero attached hydrogens (tertiary/aromatic N) is 4. The van der Waals surface area contributed by atoms with Crippen molar-refractivity contribution in [3.8, 4) is 0 Å². The molecule has 6 nitrogen and oxygen atoms in total. The molecule has 0 bridgehead atoms. The molecule has 0 aromatic heterocycles. The molecule has 26 heavy (non-hydrogen) atoms. The van der Waals surface area contributed by atoms with Crippen molar-refractivity contribution in [3.63, 3.8) is 0 Å². The first-order valence-electron chi connectivity index (χ1n) is 7.70. The zero-order chi connectivity index (χ0) is 18.4. The van der Waals surface area contributed by atoms with E-state index in [9.17, 15) is 14.0 Å². The SMILES string of the molecule is O=C1[C@@H]2N=NN(Cc3ccc(F)cc3Cl)[C@H]2C(=O)N1c1ccc(Cl)cc1. The van der Waals surface area contributed by atoms with E-state index < -0.39 is 29.7 Å². The second-order valence-electron chi connectivity index (χ2n) is 5.92. The van der Waals surface area contributed by atoms with Crippen molar-refractivity contribution in [2.75, 3.05) is 4.90 Å². The van der Waals surface area contributed by atoms with Crippen molar-refractivity contribution in [2.45, 2.75) is 18.6 Å². The highest BCUT2D eigenvalue weighted by Gasteiger charge is 2.54. The quantitative estimate of drug-likeness (QED) is 0.749. The minimum Gasteiger partial charge on any atom is -0.271 e. The van der Waals surface area contributed by atoms with Gasteiger partial charge in [-0.05, 0) is 42.0 Å². The summed E-state index contributed by atoms with van der Waals surface area (Å²) in [6, 6.07) is 8.60. The van der Waals surface area contributed by atoms with Crippen molar-refractivity contribution in [2.24, 2.45) is 10.3 Å². The number of halogens is 3. The lowest BCUT2D eigenvalue weighted by Crippen LogP contribution is -2.39. The van der Waals surface area contributed by atoms with Crippen molar-refractivity contribution < 1.29 is 14.0 Å². The largest absolute Gasteiger partial charge is 0.271 e. The molecule has 0 saturated carbocycles. The fourth-order valence-electron chi connectivity index (χ4n) is 3.02. The molecule has 132 valence electrons. The summed E-state index contributed by atoms with van der Waals surface area (Å²) in [6.45, 7) is 0.136. The Morgan fingerprint density at radius 3 is 2.46 bits per heavy atom. The summed E-state index contributed by atoms with van der Waals surface area (Å²) in [5.41, 5.74) is 1.01. The number of imide groups is 1. The molecule has 0 spiro atoms. The van der Waals surface area contributed by atoms with Gasteiger partial charge in [-0.1, -0.05) is 34.5 Å². The van der Waals surface area contributed by atoms with E-state index in [1.165, 1.54) is 23.2 Å². The van der Waals surface area contributed by atoms with Crippen LogP contribution in [0.3, 0.4) is 0 Å². The van der Waals surface area contributed by atoms with E-state index >= 15 is 0 Å². The van der Waals surface area contributed by atoms with Gasteiger partial charge in [0.25, 0.3) is 11.8 Å². The summed E-state index contributed by atoms with van der Waals surface area (Å²) < 4.78 is 13.2. The van der Waals surface area contributed by atoms with Crippen LogP contribution in [-0.4, -0.2) is 28.9 Å². The van der Waals surface area contributed by atoms with Gasteiger partial charge in [-0.2, -0.15) is 5.11 Å². The van der Waals surface area contributed by atoms with Crippen molar-refractivity contribution in [1.29, 1.82) is 0 Å². The van der Waals surface area contributed by atoms with Crippen LogP contribution in [0.15, 0.2) is 52.8 Å². The van der Waals surface area contributed by atoms with Crippen LogP contribution in [0, 0.1) is 5.82 Å². The topological polar surface area (TPSA) is 65.3 Å². The van der Waals surface area contributed by atoms with Crippen LogP contribution >= 0.6 is 23.2 Å². The predicted octanol–water partition coefficient (Wildman–Crippen LogP) is 3.63. The molecule has 2 heterocycles. The third kappa shape index (κ3) is 2.73. The monoisotopic (exact) mass is 392 g/mol. The van der Waals surface area contributed by atoms with Gasteiger partial charge in [-0.15, -0.1) is 0 Å². The van der Waals surface area contributed by atoms with Crippen molar-refractivity contribution in [1.82, 2.24) is 5.01 Å². The maximum Gasteiger partial charge on any atom is 0.263 e. The van der Waals surface area contributed by atoms with Crippen molar-refractivity contribution >= 4 is 40.7 Å². The van der Waals surface area contributed by atoms with Crippen LogP contribution in [0.5, 0.6) is 0 Å². The number of carbonyl (C=O) groups is 2. The van der Waals surface area contributed by atoms with Crippen LogP contribution in [0.2, 0.25) is 10.0 Å². The first kappa shape index (κ1) is 16.9. The molecule has 4 rings (SSSR count). The smallest absolute Gasteiger partial charge is 0.263 e. The van der Waals surface area contributed by atoms with E-state index in [0.29, 0.717) is 16.3 Å². The lowest BCUT2D eigenvalue weighted by atomic mass is 10.1. The molecule has 2 aliphatic rings. The lowest BCUT2D eigenvalue weighted by Gasteiger charge is -2.21. The zero-order valence-corrected chi connectivity index (χ0v) is 14.7. The summed E-state index contributed by atoms with van der Waals surface area (Å²) in [6.07, 6.45) is 0. The Morgan fingerprint density at radius 1 is 1.04 bits per heavy atom. The normalized spacial score (nSPS) is 21.7. The number of fused-ring (bicyclic) bond motifs is 1. The number of hydrogen-bond acceptors (Lipinski definition) is 5. The highest BCUT2D eigenvalue weighted by Crippen LogP contribution is 2.33. The Morgan fingerprint density at radius 2 is 1.77 bits per heavy atom. The Labute approximate surface area is 157 Å². The van der Waals surface area contributed by atoms with Gasteiger partial charge in [0.1, 0.15) is 5.82 Å². The minimum atomic E-state index is -0.905. The number of benzene rings is 2. The zero-order valence-electron chi connectivity index (χ0n) is 13.1. The molecule has 2 aliphatic heterocycles. The maximum absolute atomic E-state index is 13.2. The Kier molecular flexibility index (Phi) is 4.13. The lowest BCUT2D eigenvalue weighted by molar-refractivity contribution is -0.123. The first-order valence-corrected chi connectivity index (χ1v) is 8.46. The summed E-state index contributed by atoms with van der Waals surface area (Å²) in [7, 11) is 0. The molecule has 0 radical (unpaired) electrons. The van der Waals surface area contributed by atoms with Crippen LogP contribution in [-0.2, 0) is 16.1 Å². The molecule has 0 unspecified atom stereocenters. The Bertz CT molecular complexity index is 935. The van der Waals surface area contributed by atoms with Gasteiger partial charge in [-0.3, -0.25) is 14.6 Å². The van der Waals surface area contributed by atoms with E-state index in [0.717, 1.165) is 4.90 Å². The predicted molar refractivity (Wildman–Crippen MR) is 93.3 cm³/mol. The minimum absolute atomic E-state index is 0.136. The molecule has 9 heteroatoms. The highest BCUT2D eigenvalue weighted by atomic mass is 35.5. The third-order valence-corrected chi connectivity index (χ3v) is 4.89. The molecule has 1 saturated heterocycles. The van der Waals surface area contributed by atoms with E-state index in [1.54, 1.807) is 24.3 Å². The van der Waals surface area contributed by atoms with Gasteiger partial charge in [0.05, 0.1) is 12.2 Å². The van der Waals surface area contributed by atoms with Gasteiger partial charge >= 0.3 is 0 Å². The second-order valence-corrected chi connectivity index (χ2v) is 6.76. The average molecular weight is 393 g/mol. The fourth-order valence-corrected chi connectivity index (χ4v) is 3.38. The number of hydrogen-bond donors (Lipinski definition) is 0. The number of carbonyl (C=O) groups excluding carboxylic acids is 2. The molecule has 0 N–H and O–H groups in total. The van der Waals surface area contributed by atoms with Gasteiger partial charge in [0.15, 0.2) is 12.1 Å². The average Bonchev–Trinajstić information content (AvgIpc) is 3.12. The first-order chi connectivity index (χ1) is 12.5. The van der Waals surface area contributed by atoms with Crippen LogP contribution in [0.4, 0.5) is 10.1 Å². The van der Waals surface area contributed by atoms with E-state index in [-0.39, 0.29) is 11.6 Å². The standard InChI is InChI=1S/C17H11Cl2FN4O2/c18-10-2-5-12(6-3-10)24-16(25)14-15(17(24)26)23(22-21-14)8-9-1-4-11(20)7-13(9)19/h1-7,14-15H,8H2/t14-,15-/m1/s1. The number of amides is 2. The van der Waals surface area contributed by atoms with Crippen LogP contribution in [0.1, 0.15) is 5.56 Å². The molecular weight excluding hydrogens is 382 g/mol. The van der Waals surface area contributed by atoms with E-state index in [1.807, 2.05) is 0 Å². The molecule has 0 aliphatic carbocycles. The van der Waals surface area contributed by atoms with Crippen LogP contribution in [0.25, 0.3) is 0 Å². The maximum atomic E-state index is 13.2. The summed E-state index contributed by atoms with van der Waals surface area (Å²) in [4.78, 5) is 26.5. The van der Waals surface area contributed by atoms with E-state index in [4.69, 9.17) is 23.2 Å². The molecule has 2 aromatic carbocycles. The van der Waals surface area contributed by atoms with Gasteiger partial charge in [0.2, 0.25) is 0 Å². The molecule has 1 fully saturated rings. The van der Waals surface area contributed by atoms with Gasteiger partial charge < -0.3 is 0 Å². The number of anilines is 1. The van der Waals surface area contributed by atoms with E-state index in [2.05, 4.69) is 10.3 Å². The summed E-state index contributed by atoms with van der Waals surface area (Å²) in [5.74, 6) is -1.33. The fraction of sp³-hybridized carbons (Fsp3) is 0.176. The van der Waals surface area contributed by atoms with Crippen molar-refractivity contribution in [3.05, 3.63) is 63.9 Å². The van der Waals surface area contributed by atoms with Crippen LogP contribution < -0.4 is 4.90 Å². The molecule has 2 aromatic rings. The third-order valence-electron chi connectivity index (χ3n) is 4.29. The Balaban J connectivity index is 1.61. The molecule has 2 atom stereocenters. The summed E-state index contributed by atoms with van der Waals surface area (Å²) >= 11 is 11.9. The number of rotatable bonds is 3. The second kappa shape index (κ2) is 6.34. The molecular formula is C17H11Cl2FN4O2. The van der Waals surface area contributed by atoms with Gasteiger partial charge in [0, 0.05) is 10.0 Å². The van der Waals surface area contributed by atoms with Gasteiger partial charge in [-0.25, -0.2) is 9.29 Å². The summed E-state index contributed by atoms with van der Waals surface area (Å²) in [5, 5.41) is 10.0. The highest BCUT2D eigenvalue weighted by molar-refractivity contribution is 6.31.